The summed E-state index contributed by atoms with van der Waals surface area (Å²) in [5.41, 5.74) is 1.49. The minimum atomic E-state index is 0.574. The second kappa shape index (κ2) is 6.36. The quantitative estimate of drug-likeness (QED) is 0.730. The highest BCUT2D eigenvalue weighted by Crippen LogP contribution is 2.18. The number of methoxy groups -OCH3 is 1. The van der Waals surface area contributed by atoms with E-state index in [1.54, 1.807) is 7.11 Å². The molecule has 3 heteroatoms. The van der Waals surface area contributed by atoms with Gasteiger partial charge in [0, 0.05) is 32.5 Å². The third kappa shape index (κ3) is 3.56. The molecular weight excluding hydrogens is 200 g/mol. The van der Waals surface area contributed by atoms with Crippen molar-refractivity contribution in [2.75, 3.05) is 33.4 Å². The van der Waals surface area contributed by atoms with E-state index in [1.807, 2.05) is 0 Å². The lowest BCUT2D eigenvalue weighted by molar-refractivity contribution is 0.160. The highest BCUT2D eigenvalue weighted by molar-refractivity contribution is 5.85. The van der Waals surface area contributed by atoms with Crippen molar-refractivity contribution in [3.05, 3.63) is 0 Å². The van der Waals surface area contributed by atoms with E-state index in [9.17, 15) is 0 Å². The van der Waals surface area contributed by atoms with Gasteiger partial charge in [0.1, 0.15) is 0 Å². The molecule has 0 spiro atoms. The van der Waals surface area contributed by atoms with E-state index in [0.29, 0.717) is 6.04 Å². The minimum Gasteiger partial charge on any atom is -0.383 e. The maximum absolute atomic E-state index is 5.11. The maximum atomic E-state index is 5.11. The van der Waals surface area contributed by atoms with Crippen LogP contribution in [0.4, 0.5) is 0 Å². The second-order valence-electron chi connectivity index (χ2n) is 4.99. The lowest BCUT2D eigenvalue weighted by Gasteiger charge is -2.16. The zero-order valence-electron chi connectivity index (χ0n) is 10.5. The third-order valence-corrected chi connectivity index (χ3v) is 3.65. The van der Waals surface area contributed by atoms with Gasteiger partial charge in [0.25, 0.3) is 0 Å². The SMILES string of the molecule is COCCN1CC[C@H](N=C2CCCCC2)C1. The Bertz CT molecular complexity index is 232. The highest BCUT2D eigenvalue weighted by atomic mass is 16.5. The number of hydrogen-bond acceptors (Lipinski definition) is 3. The molecule has 1 aliphatic heterocycles. The fourth-order valence-corrected chi connectivity index (χ4v) is 2.69. The molecule has 2 aliphatic rings. The Morgan fingerprint density at radius 1 is 1.31 bits per heavy atom. The molecule has 1 saturated heterocycles. The summed E-state index contributed by atoms with van der Waals surface area (Å²) in [6.07, 6.45) is 7.89. The van der Waals surface area contributed by atoms with E-state index < -0.39 is 0 Å². The fourth-order valence-electron chi connectivity index (χ4n) is 2.69. The first kappa shape index (κ1) is 12.1. The summed E-state index contributed by atoms with van der Waals surface area (Å²) >= 11 is 0. The Morgan fingerprint density at radius 3 is 2.88 bits per heavy atom. The molecule has 1 atom stereocenters. The Kier molecular flexibility index (Phi) is 4.79. The Morgan fingerprint density at radius 2 is 2.12 bits per heavy atom. The van der Waals surface area contributed by atoms with Crippen molar-refractivity contribution in [3.8, 4) is 0 Å². The predicted molar refractivity (Wildman–Crippen MR) is 67.2 cm³/mol. The molecule has 0 aromatic rings. The molecule has 1 aliphatic carbocycles. The van der Waals surface area contributed by atoms with Crippen LogP contribution in [0.3, 0.4) is 0 Å². The molecule has 0 amide bonds. The van der Waals surface area contributed by atoms with Gasteiger partial charge in [-0.25, -0.2) is 0 Å². The van der Waals surface area contributed by atoms with Gasteiger partial charge >= 0.3 is 0 Å². The zero-order valence-corrected chi connectivity index (χ0v) is 10.5. The number of aliphatic imine (C=N–C) groups is 1. The monoisotopic (exact) mass is 224 g/mol. The Labute approximate surface area is 98.9 Å². The molecule has 0 aromatic carbocycles. The summed E-state index contributed by atoms with van der Waals surface area (Å²) in [6, 6.07) is 0.574. The van der Waals surface area contributed by atoms with E-state index in [4.69, 9.17) is 9.73 Å². The first-order chi connectivity index (χ1) is 7.88. The van der Waals surface area contributed by atoms with Crippen LogP contribution in [0.5, 0.6) is 0 Å². The van der Waals surface area contributed by atoms with Crippen LogP contribution in [0.25, 0.3) is 0 Å². The van der Waals surface area contributed by atoms with Gasteiger partial charge < -0.3 is 4.74 Å². The van der Waals surface area contributed by atoms with Crippen molar-refractivity contribution >= 4 is 5.71 Å². The van der Waals surface area contributed by atoms with E-state index in [0.717, 1.165) is 19.7 Å². The predicted octanol–water partition coefficient (Wildman–Crippen LogP) is 2.11. The fraction of sp³-hybridized carbons (Fsp3) is 0.923. The second-order valence-corrected chi connectivity index (χ2v) is 4.99. The average molecular weight is 224 g/mol. The molecule has 0 radical (unpaired) electrons. The van der Waals surface area contributed by atoms with E-state index in [1.165, 1.54) is 50.8 Å². The summed E-state index contributed by atoms with van der Waals surface area (Å²) in [4.78, 5) is 7.40. The van der Waals surface area contributed by atoms with Crippen LogP contribution >= 0.6 is 0 Å². The molecule has 0 aromatic heterocycles. The van der Waals surface area contributed by atoms with Gasteiger partial charge in [-0.15, -0.1) is 0 Å². The molecule has 92 valence electrons. The summed E-state index contributed by atoms with van der Waals surface area (Å²) in [5.74, 6) is 0. The molecule has 3 nitrogen and oxygen atoms in total. The standard InChI is InChI=1S/C13H24N2O/c1-16-10-9-15-8-7-13(11-15)14-12-5-3-2-4-6-12/h13H,2-11H2,1H3/t13-/m0/s1. The average Bonchev–Trinajstić information content (AvgIpc) is 2.75. The van der Waals surface area contributed by atoms with E-state index in [-0.39, 0.29) is 0 Å². The number of hydrogen-bond donors (Lipinski definition) is 0. The van der Waals surface area contributed by atoms with Crippen LogP contribution in [0, 0.1) is 0 Å². The molecule has 1 saturated carbocycles. The van der Waals surface area contributed by atoms with Crippen LogP contribution in [-0.4, -0.2) is 50.0 Å². The zero-order chi connectivity index (χ0) is 11.2. The van der Waals surface area contributed by atoms with Gasteiger partial charge in [0.15, 0.2) is 0 Å². The normalized spacial score (nSPS) is 27.3. The van der Waals surface area contributed by atoms with Crippen molar-refractivity contribution in [1.82, 2.24) is 4.90 Å². The number of rotatable bonds is 4. The van der Waals surface area contributed by atoms with Crippen LogP contribution in [0.1, 0.15) is 38.5 Å². The minimum absolute atomic E-state index is 0.574. The van der Waals surface area contributed by atoms with Gasteiger partial charge in [-0.05, 0) is 32.1 Å². The molecule has 0 bridgehead atoms. The molecule has 2 rings (SSSR count). The van der Waals surface area contributed by atoms with Crippen molar-refractivity contribution in [2.45, 2.75) is 44.6 Å². The first-order valence-corrected chi connectivity index (χ1v) is 6.65. The highest BCUT2D eigenvalue weighted by Gasteiger charge is 2.22. The van der Waals surface area contributed by atoms with Crippen molar-refractivity contribution in [3.63, 3.8) is 0 Å². The summed E-state index contributed by atoms with van der Waals surface area (Å²) in [7, 11) is 1.77. The summed E-state index contributed by atoms with van der Waals surface area (Å²) in [6.45, 7) is 4.26. The van der Waals surface area contributed by atoms with Crippen LogP contribution in [-0.2, 0) is 4.74 Å². The van der Waals surface area contributed by atoms with Gasteiger partial charge in [0.2, 0.25) is 0 Å². The Hall–Kier alpha value is -0.410. The lowest BCUT2D eigenvalue weighted by Crippen LogP contribution is -2.25. The van der Waals surface area contributed by atoms with Gasteiger partial charge in [0.05, 0.1) is 12.6 Å². The van der Waals surface area contributed by atoms with Crippen molar-refractivity contribution in [1.29, 1.82) is 0 Å². The number of likely N-dealkylation sites (tertiary alicyclic amines) is 1. The summed E-state index contributed by atoms with van der Waals surface area (Å²) in [5, 5.41) is 0. The Balaban J connectivity index is 1.75. The smallest absolute Gasteiger partial charge is 0.0638 e. The molecule has 0 unspecified atom stereocenters. The number of ether oxygens (including phenoxy) is 1. The van der Waals surface area contributed by atoms with Gasteiger partial charge in [-0.2, -0.15) is 0 Å². The molecule has 1 heterocycles. The lowest BCUT2D eigenvalue weighted by atomic mass is 9.98. The number of nitrogens with zero attached hydrogens (tertiary/aromatic N) is 2. The molecular formula is C13H24N2O. The van der Waals surface area contributed by atoms with Gasteiger partial charge in [-0.1, -0.05) is 6.42 Å². The van der Waals surface area contributed by atoms with Crippen molar-refractivity contribution in [2.24, 2.45) is 4.99 Å². The van der Waals surface area contributed by atoms with Gasteiger partial charge in [-0.3, -0.25) is 9.89 Å². The first-order valence-electron chi connectivity index (χ1n) is 6.65. The largest absolute Gasteiger partial charge is 0.383 e. The van der Waals surface area contributed by atoms with E-state index >= 15 is 0 Å². The van der Waals surface area contributed by atoms with Crippen LogP contribution < -0.4 is 0 Å². The van der Waals surface area contributed by atoms with E-state index in [2.05, 4.69) is 4.90 Å². The van der Waals surface area contributed by atoms with Crippen LogP contribution in [0.2, 0.25) is 0 Å². The maximum Gasteiger partial charge on any atom is 0.0638 e. The molecule has 2 fully saturated rings. The van der Waals surface area contributed by atoms with Crippen molar-refractivity contribution < 1.29 is 4.74 Å². The topological polar surface area (TPSA) is 24.8 Å². The molecule has 0 N–H and O–H groups in total. The molecule has 16 heavy (non-hydrogen) atoms. The summed E-state index contributed by atoms with van der Waals surface area (Å²) < 4.78 is 5.11. The third-order valence-electron chi connectivity index (χ3n) is 3.65. The van der Waals surface area contributed by atoms with Crippen LogP contribution in [0.15, 0.2) is 4.99 Å².